The van der Waals surface area contributed by atoms with Gasteiger partial charge in [0.2, 0.25) is 0 Å². The zero-order valence-corrected chi connectivity index (χ0v) is 12.4. The first-order chi connectivity index (χ1) is 8.61. The number of piperidine rings is 1. The van der Waals surface area contributed by atoms with Crippen molar-refractivity contribution >= 4 is 17.3 Å². The number of hydrogen-bond acceptors (Lipinski definition) is 2. The molecule has 0 N–H and O–H groups in total. The molecule has 18 heavy (non-hydrogen) atoms. The van der Waals surface area contributed by atoms with E-state index in [2.05, 4.69) is 49.0 Å². The molecule has 1 aliphatic rings. The van der Waals surface area contributed by atoms with Gasteiger partial charge in [-0.2, -0.15) is 0 Å². The van der Waals surface area contributed by atoms with E-state index in [9.17, 15) is 0 Å². The molecule has 1 fully saturated rings. The standard InChI is InChI=1S/C15H23ClN2/c1-12-6-7-15(13(9-12)10-16)18(3)14-5-4-8-17(2)11-14/h6-7,9,14H,4-5,8,10-11H2,1-3H3. The van der Waals surface area contributed by atoms with E-state index in [0.717, 1.165) is 6.54 Å². The Labute approximate surface area is 116 Å². The van der Waals surface area contributed by atoms with Gasteiger partial charge in [-0.05, 0) is 45.0 Å². The highest BCUT2D eigenvalue weighted by Gasteiger charge is 2.22. The molecule has 0 saturated carbocycles. The molecule has 0 radical (unpaired) electrons. The van der Waals surface area contributed by atoms with Gasteiger partial charge < -0.3 is 9.80 Å². The van der Waals surface area contributed by atoms with E-state index in [1.807, 2.05) is 0 Å². The average molecular weight is 267 g/mol. The smallest absolute Gasteiger partial charge is 0.0494 e. The lowest BCUT2D eigenvalue weighted by molar-refractivity contribution is 0.248. The zero-order valence-electron chi connectivity index (χ0n) is 11.6. The molecule has 0 spiro atoms. The van der Waals surface area contributed by atoms with Gasteiger partial charge >= 0.3 is 0 Å². The summed E-state index contributed by atoms with van der Waals surface area (Å²) in [6.45, 7) is 4.49. The number of likely N-dealkylation sites (N-methyl/N-ethyl adjacent to an activating group) is 2. The summed E-state index contributed by atoms with van der Waals surface area (Å²) in [6.07, 6.45) is 2.56. The molecule has 1 aliphatic heterocycles. The molecule has 1 aromatic rings. The van der Waals surface area contributed by atoms with Crippen LogP contribution in [0.1, 0.15) is 24.0 Å². The summed E-state index contributed by atoms with van der Waals surface area (Å²) in [4.78, 5) is 4.83. The monoisotopic (exact) mass is 266 g/mol. The van der Waals surface area contributed by atoms with Gasteiger partial charge in [0.15, 0.2) is 0 Å². The van der Waals surface area contributed by atoms with E-state index in [0.29, 0.717) is 11.9 Å². The lowest BCUT2D eigenvalue weighted by Crippen LogP contribution is -2.45. The van der Waals surface area contributed by atoms with Crippen molar-refractivity contribution in [1.82, 2.24) is 4.90 Å². The van der Waals surface area contributed by atoms with Gasteiger partial charge in [-0.25, -0.2) is 0 Å². The van der Waals surface area contributed by atoms with Crippen LogP contribution in [0.4, 0.5) is 5.69 Å². The highest BCUT2D eigenvalue weighted by Crippen LogP contribution is 2.26. The Kier molecular flexibility index (Phi) is 4.52. The predicted molar refractivity (Wildman–Crippen MR) is 79.7 cm³/mol. The van der Waals surface area contributed by atoms with Crippen LogP contribution in [0.15, 0.2) is 18.2 Å². The molecule has 1 aromatic carbocycles. The van der Waals surface area contributed by atoms with Crippen molar-refractivity contribution in [2.45, 2.75) is 31.7 Å². The van der Waals surface area contributed by atoms with Crippen molar-refractivity contribution in [1.29, 1.82) is 0 Å². The fourth-order valence-electron chi connectivity index (χ4n) is 2.82. The Morgan fingerprint density at radius 2 is 2.22 bits per heavy atom. The SMILES string of the molecule is Cc1ccc(N(C)C2CCCN(C)C2)c(CCl)c1. The molecule has 0 aliphatic carbocycles. The lowest BCUT2D eigenvalue weighted by atomic mass is 10.0. The maximum absolute atomic E-state index is 6.08. The first kappa shape index (κ1) is 13.7. The maximum Gasteiger partial charge on any atom is 0.0494 e. The summed E-state index contributed by atoms with van der Waals surface area (Å²) < 4.78 is 0. The van der Waals surface area contributed by atoms with E-state index >= 15 is 0 Å². The van der Waals surface area contributed by atoms with Crippen molar-refractivity contribution in [2.24, 2.45) is 0 Å². The highest BCUT2D eigenvalue weighted by atomic mass is 35.5. The summed E-state index contributed by atoms with van der Waals surface area (Å²) in [7, 11) is 4.40. The molecule has 3 heteroatoms. The molecular formula is C15H23ClN2. The first-order valence-electron chi connectivity index (χ1n) is 6.68. The predicted octanol–water partition coefficient (Wildman–Crippen LogP) is 3.26. The molecule has 1 saturated heterocycles. The number of anilines is 1. The lowest BCUT2D eigenvalue weighted by Gasteiger charge is -2.38. The minimum Gasteiger partial charge on any atom is -0.370 e. The summed E-state index contributed by atoms with van der Waals surface area (Å²) in [5.74, 6) is 0.587. The number of alkyl halides is 1. The normalized spacial score (nSPS) is 21.0. The second kappa shape index (κ2) is 5.94. The van der Waals surface area contributed by atoms with Gasteiger partial charge in [-0.3, -0.25) is 0 Å². The zero-order chi connectivity index (χ0) is 13.1. The number of nitrogens with zero attached hydrogens (tertiary/aromatic N) is 2. The fourth-order valence-corrected chi connectivity index (χ4v) is 3.03. The highest BCUT2D eigenvalue weighted by molar-refractivity contribution is 6.17. The van der Waals surface area contributed by atoms with E-state index in [4.69, 9.17) is 11.6 Å². The first-order valence-corrected chi connectivity index (χ1v) is 7.22. The molecule has 1 unspecified atom stereocenters. The molecule has 2 nitrogen and oxygen atoms in total. The Morgan fingerprint density at radius 3 is 2.89 bits per heavy atom. The van der Waals surface area contributed by atoms with E-state index in [1.165, 1.54) is 36.2 Å². The minimum absolute atomic E-state index is 0.587. The molecule has 0 bridgehead atoms. The van der Waals surface area contributed by atoms with Crippen LogP contribution in [0, 0.1) is 6.92 Å². The van der Waals surface area contributed by atoms with Crippen molar-refractivity contribution in [3.63, 3.8) is 0 Å². The van der Waals surface area contributed by atoms with Crippen LogP contribution in [-0.2, 0) is 5.88 Å². The van der Waals surface area contributed by atoms with Crippen LogP contribution in [0.25, 0.3) is 0 Å². The summed E-state index contributed by atoms with van der Waals surface area (Å²) in [5.41, 5.74) is 3.81. The molecule has 0 amide bonds. The van der Waals surface area contributed by atoms with Crippen molar-refractivity contribution < 1.29 is 0 Å². The summed E-state index contributed by atoms with van der Waals surface area (Å²) >= 11 is 6.08. The molecular weight excluding hydrogens is 244 g/mol. The van der Waals surface area contributed by atoms with Crippen molar-refractivity contribution in [3.8, 4) is 0 Å². The number of aryl methyl sites for hydroxylation is 1. The van der Waals surface area contributed by atoms with Crippen LogP contribution < -0.4 is 4.90 Å². The molecule has 1 atom stereocenters. The summed E-state index contributed by atoms with van der Waals surface area (Å²) in [5, 5.41) is 0. The van der Waals surface area contributed by atoms with Crippen LogP contribution in [0.2, 0.25) is 0 Å². The van der Waals surface area contributed by atoms with Crippen molar-refractivity contribution in [3.05, 3.63) is 29.3 Å². The van der Waals surface area contributed by atoms with Crippen LogP contribution >= 0.6 is 11.6 Å². The average Bonchev–Trinajstić information content (AvgIpc) is 2.37. The van der Waals surface area contributed by atoms with Gasteiger partial charge in [0, 0.05) is 31.2 Å². The number of rotatable bonds is 3. The number of hydrogen-bond donors (Lipinski definition) is 0. The van der Waals surface area contributed by atoms with E-state index in [-0.39, 0.29) is 0 Å². The third kappa shape index (κ3) is 2.99. The molecule has 1 heterocycles. The van der Waals surface area contributed by atoms with Crippen molar-refractivity contribution in [2.75, 3.05) is 32.1 Å². The minimum atomic E-state index is 0.587. The second-order valence-electron chi connectivity index (χ2n) is 5.43. The molecule has 2 rings (SSSR count). The van der Waals surface area contributed by atoms with E-state index < -0.39 is 0 Å². The second-order valence-corrected chi connectivity index (χ2v) is 5.70. The molecule has 100 valence electrons. The number of benzene rings is 1. The largest absolute Gasteiger partial charge is 0.370 e. The Hall–Kier alpha value is -0.730. The topological polar surface area (TPSA) is 6.48 Å². The maximum atomic E-state index is 6.08. The van der Waals surface area contributed by atoms with Gasteiger partial charge in [0.1, 0.15) is 0 Å². The van der Waals surface area contributed by atoms with E-state index in [1.54, 1.807) is 0 Å². The van der Waals surface area contributed by atoms with Gasteiger partial charge in [-0.1, -0.05) is 17.7 Å². The third-order valence-corrected chi connectivity index (χ3v) is 4.19. The Morgan fingerprint density at radius 1 is 1.44 bits per heavy atom. The fraction of sp³-hybridized carbons (Fsp3) is 0.600. The molecule has 0 aromatic heterocycles. The Balaban J connectivity index is 2.19. The van der Waals surface area contributed by atoms with Crippen LogP contribution in [0.3, 0.4) is 0 Å². The van der Waals surface area contributed by atoms with Gasteiger partial charge in [0.05, 0.1) is 0 Å². The quantitative estimate of drug-likeness (QED) is 0.775. The number of likely N-dealkylation sites (tertiary alicyclic amines) is 1. The third-order valence-electron chi connectivity index (χ3n) is 3.91. The van der Waals surface area contributed by atoms with Crippen LogP contribution in [0.5, 0.6) is 0 Å². The van der Waals surface area contributed by atoms with Crippen LogP contribution in [-0.4, -0.2) is 38.1 Å². The Bertz CT molecular complexity index is 405. The number of halogens is 1. The van der Waals surface area contributed by atoms with Gasteiger partial charge in [-0.15, -0.1) is 11.6 Å². The van der Waals surface area contributed by atoms with Gasteiger partial charge in [0.25, 0.3) is 0 Å². The summed E-state index contributed by atoms with van der Waals surface area (Å²) in [6, 6.07) is 7.19.